The van der Waals surface area contributed by atoms with Gasteiger partial charge in [-0.05, 0) is 24.6 Å². The zero-order chi connectivity index (χ0) is 12.5. The maximum absolute atomic E-state index is 12.5. The zero-order valence-corrected chi connectivity index (χ0v) is 9.67. The van der Waals surface area contributed by atoms with Crippen LogP contribution in [-0.4, -0.2) is 11.7 Å². The minimum Gasteiger partial charge on any atom is -0.293 e. The number of carbonyl (C=O) groups is 1. The topological polar surface area (TPSA) is 17.1 Å². The van der Waals surface area contributed by atoms with Gasteiger partial charge in [-0.1, -0.05) is 11.6 Å². The van der Waals surface area contributed by atoms with Crippen molar-refractivity contribution in [3.8, 4) is 0 Å². The Kier molecular flexibility index (Phi) is 3.86. The van der Waals surface area contributed by atoms with Gasteiger partial charge in [0.05, 0.1) is 16.5 Å². The average molecular weight is 271 g/mol. The number of carbonyl (C=O) groups excluding carboxylic acids is 1. The van der Waals surface area contributed by atoms with E-state index in [1.54, 1.807) is 0 Å². The normalized spacial score (nSPS) is 11.6. The summed E-state index contributed by atoms with van der Waals surface area (Å²) in [4.78, 5) is 11.2. The molecular weight excluding hydrogens is 264 g/mol. The minimum atomic E-state index is -4.50. The van der Waals surface area contributed by atoms with Crippen LogP contribution in [0.5, 0.6) is 0 Å². The number of ketones is 1. The third-order valence-electron chi connectivity index (χ3n) is 2.04. The maximum Gasteiger partial charge on any atom is 0.416 e. The largest absolute Gasteiger partial charge is 0.416 e. The van der Waals surface area contributed by atoms with Gasteiger partial charge in [0, 0.05) is 5.56 Å². The Morgan fingerprint density at radius 1 is 1.38 bits per heavy atom. The molecule has 1 aromatic carbocycles. The summed E-state index contributed by atoms with van der Waals surface area (Å²) >= 11 is 11.0. The number of benzene rings is 1. The molecule has 6 heteroatoms. The first-order valence-electron chi connectivity index (χ1n) is 4.24. The first-order valence-corrected chi connectivity index (χ1v) is 5.15. The van der Waals surface area contributed by atoms with E-state index in [0.29, 0.717) is 0 Å². The summed E-state index contributed by atoms with van der Waals surface area (Å²) in [6.45, 7) is 1.28. The van der Waals surface area contributed by atoms with Gasteiger partial charge in [-0.15, -0.1) is 11.6 Å². The van der Waals surface area contributed by atoms with E-state index in [1.165, 1.54) is 6.92 Å². The van der Waals surface area contributed by atoms with E-state index >= 15 is 0 Å². The van der Waals surface area contributed by atoms with Gasteiger partial charge in [0.15, 0.2) is 5.78 Å². The molecule has 0 atom stereocenters. The Hall–Kier alpha value is -0.740. The van der Waals surface area contributed by atoms with Gasteiger partial charge in [-0.3, -0.25) is 4.79 Å². The molecule has 0 fully saturated rings. The Morgan fingerprint density at radius 2 is 1.94 bits per heavy atom. The highest BCUT2D eigenvalue weighted by Crippen LogP contribution is 2.34. The molecule has 1 nitrogen and oxygen atoms in total. The van der Waals surface area contributed by atoms with Crippen LogP contribution in [0, 0.1) is 6.92 Å². The van der Waals surface area contributed by atoms with Gasteiger partial charge in [0.2, 0.25) is 0 Å². The summed E-state index contributed by atoms with van der Waals surface area (Å²) in [6.07, 6.45) is -4.50. The van der Waals surface area contributed by atoms with E-state index in [-0.39, 0.29) is 16.1 Å². The van der Waals surface area contributed by atoms with Gasteiger partial charge in [-0.2, -0.15) is 13.2 Å². The van der Waals surface area contributed by atoms with E-state index in [4.69, 9.17) is 23.2 Å². The fourth-order valence-corrected chi connectivity index (χ4v) is 1.73. The van der Waals surface area contributed by atoms with Crippen molar-refractivity contribution in [1.29, 1.82) is 0 Å². The maximum atomic E-state index is 12.5. The fourth-order valence-electron chi connectivity index (χ4n) is 1.26. The van der Waals surface area contributed by atoms with E-state index in [2.05, 4.69) is 0 Å². The molecule has 0 unspecified atom stereocenters. The molecule has 0 aliphatic carbocycles. The minimum absolute atomic E-state index is 0.0175. The van der Waals surface area contributed by atoms with E-state index in [9.17, 15) is 18.0 Å². The van der Waals surface area contributed by atoms with Crippen LogP contribution in [0.15, 0.2) is 12.1 Å². The monoisotopic (exact) mass is 270 g/mol. The highest BCUT2D eigenvalue weighted by atomic mass is 35.5. The Morgan fingerprint density at radius 3 is 2.38 bits per heavy atom. The number of Topliss-reactive ketones (excluding diaryl/α,β-unsaturated/α-hetero) is 1. The van der Waals surface area contributed by atoms with Crippen LogP contribution in [-0.2, 0) is 6.18 Å². The molecule has 16 heavy (non-hydrogen) atoms. The van der Waals surface area contributed by atoms with Crippen molar-refractivity contribution < 1.29 is 18.0 Å². The van der Waals surface area contributed by atoms with E-state index in [0.717, 1.165) is 12.1 Å². The smallest absolute Gasteiger partial charge is 0.293 e. The molecule has 0 N–H and O–H groups in total. The van der Waals surface area contributed by atoms with E-state index in [1.807, 2.05) is 0 Å². The Bertz CT molecular complexity index is 427. The second-order valence-electron chi connectivity index (χ2n) is 3.20. The molecule has 0 saturated carbocycles. The number of alkyl halides is 4. The van der Waals surface area contributed by atoms with Crippen LogP contribution >= 0.6 is 23.2 Å². The van der Waals surface area contributed by atoms with Crippen LogP contribution in [0.1, 0.15) is 21.5 Å². The van der Waals surface area contributed by atoms with Gasteiger partial charge in [-0.25, -0.2) is 0 Å². The summed E-state index contributed by atoms with van der Waals surface area (Å²) in [5.74, 6) is -1.03. The molecular formula is C10H7Cl2F3O. The number of hydrogen-bond acceptors (Lipinski definition) is 1. The number of halogens is 5. The average Bonchev–Trinajstić information content (AvgIpc) is 2.14. The molecule has 0 aliphatic heterocycles. The lowest BCUT2D eigenvalue weighted by Crippen LogP contribution is -2.11. The summed E-state index contributed by atoms with van der Waals surface area (Å²) in [5, 5.41) is -0.0175. The quantitative estimate of drug-likeness (QED) is 0.585. The first-order chi connectivity index (χ1) is 7.27. The molecule has 0 heterocycles. The highest BCUT2D eigenvalue weighted by molar-refractivity contribution is 6.37. The summed E-state index contributed by atoms with van der Waals surface area (Å²) in [6, 6.07) is 1.85. The molecule has 0 spiro atoms. The van der Waals surface area contributed by atoms with Crippen molar-refractivity contribution in [1.82, 2.24) is 0 Å². The van der Waals surface area contributed by atoms with Crippen LogP contribution < -0.4 is 0 Å². The summed E-state index contributed by atoms with van der Waals surface area (Å²) in [7, 11) is 0. The molecule has 0 saturated heterocycles. The van der Waals surface area contributed by atoms with Crippen LogP contribution in [0.25, 0.3) is 0 Å². The predicted molar refractivity (Wildman–Crippen MR) is 56.2 cm³/mol. The molecule has 1 rings (SSSR count). The first kappa shape index (κ1) is 13.3. The van der Waals surface area contributed by atoms with Gasteiger partial charge in [0.25, 0.3) is 0 Å². The van der Waals surface area contributed by atoms with Gasteiger partial charge >= 0.3 is 6.18 Å². The second kappa shape index (κ2) is 4.63. The summed E-state index contributed by atoms with van der Waals surface area (Å²) in [5.41, 5.74) is -1.09. The summed E-state index contributed by atoms with van der Waals surface area (Å²) < 4.78 is 37.6. The second-order valence-corrected chi connectivity index (χ2v) is 3.88. The van der Waals surface area contributed by atoms with Crippen molar-refractivity contribution in [2.45, 2.75) is 13.1 Å². The third-order valence-corrected chi connectivity index (χ3v) is 2.60. The van der Waals surface area contributed by atoms with Gasteiger partial charge in [0.1, 0.15) is 0 Å². The molecule has 0 aliphatic rings. The third kappa shape index (κ3) is 2.68. The Balaban J connectivity index is 3.39. The predicted octanol–water partition coefficient (Wildman–Crippen LogP) is 4.09. The standard InChI is InChI=1S/C10H7Cl2F3O/c1-5-2-8(12)6(9(16)4-11)3-7(5)10(13,14)15/h2-3H,4H2,1H3. The van der Waals surface area contributed by atoms with Crippen molar-refractivity contribution in [3.05, 3.63) is 33.8 Å². The molecule has 0 radical (unpaired) electrons. The van der Waals surface area contributed by atoms with Crippen LogP contribution in [0.4, 0.5) is 13.2 Å². The van der Waals surface area contributed by atoms with Crippen molar-refractivity contribution in [2.24, 2.45) is 0 Å². The number of aryl methyl sites for hydroxylation is 1. The van der Waals surface area contributed by atoms with Crippen molar-refractivity contribution in [3.63, 3.8) is 0 Å². The highest BCUT2D eigenvalue weighted by Gasteiger charge is 2.33. The molecule has 0 amide bonds. The number of rotatable bonds is 2. The Labute approximate surface area is 100 Å². The molecule has 1 aromatic rings. The lowest BCUT2D eigenvalue weighted by atomic mass is 10.0. The van der Waals surface area contributed by atoms with Crippen molar-refractivity contribution in [2.75, 3.05) is 5.88 Å². The van der Waals surface area contributed by atoms with E-state index < -0.39 is 23.4 Å². The molecule has 0 aromatic heterocycles. The van der Waals surface area contributed by atoms with Gasteiger partial charge < -0.3 is 0 Å². The van der Waals surface area contributed by atoms with Crippen molar-refractivity contribution >= 4 is 29.0 Å². The molecule has 88 valence electrons. The lowest BCUT2D eigenvalue weighted by molar-refractivity contribution is -0.138. The van der Waals surface area contributed by atoms with Crippen LogP contribution in [0.3, 0.4) is 0 Å². The zero-order valence-electron chi connectivity index (χ0n) is 8.16. The fraction of sp³-hybridized carbons (Fsp3) is 0.300. The number of hydrogen-bond donors (Lipinski definition) is 0. The lowest BCUT2D eigenvalue weighted by Gasteiger charge is -2.12. The SMILES string of the molecule is Cc1cc(Cl)c(C(=O)CCl)cc1C(F)(F)F. The van der Waals surface area contributed by atoms with Crippen LogP contribution in [0.2, 0.25) is 5.02 Å². The molecule has 0 bridgehead atoms.